The van der Waals surface area contributed by atoms with Gasteiger partial charge in [0.25, 0.3) is 0 Å². The maximum Gasteiger partial charge on any atom is 0.472 e. The highest BCUT2D eigenvalue weighted by Gasteiger charge is 2.30. The zero-order chi connectivity index (χ0) is 60.6. The van der Waals surface area contributed by atoms with E-state index in [1.165, 1.54) is 135 Å². The Morgan fingerprint density at radius 3 is 0.829 bits per heavy atom. The summed E-state index contributed by atoms with van der Waals surface area (Å²) in [5.41, 5.74) is 0. The molecule has 0 aromatic carbocycles. The number of carbonyl (C=O) groups excluding carboxylic acids is 4. The minimum absolute atomic E-state index is 0.103. The molecule has 0 aliphatic heterocycles. The maximum absolute atomic E-state index is 13.0. The van der Waals surface area contributed by atoms with Crippen molar-refractivity contribution in [2.45, 2.75) is 335 Å². The second kappa shape index (κ2) is 56.8. The molecule has 5 atom stereocenters. The van der Waals surface area contributed by atoms with E-state index in [-0.39, 0.29) is 25.7 Å². The molecule has 0 saturated heterocycles. The molecule has 0 aromatic rings. The molecule has 0 fully saturated rings. The number of ether oxygens (including phenoxy) is 4. The molecule has 3 N–H and O–H groups in total. The average Bonchev–Trinajstić information content (AvgIpc) is 3.46. The number of carbonyl (C=O) groups is 4. The first-order valence-electron chi connectivity index (χ1n) is 33.1. The number of phosphoric acid groups is 2. The second-order valence-corrected chi connectivity index (χ2v) is 26.2. The third kappa shape index (κ3) is 57.2. The molecule has 0 amide bonds. The van der Waals surface area contributed by atoms with E-state index in [4.69, 9.17) is 37.0 Å². The van der Waals surface area contributed by atoms with Crippen molar-refractivity contribution in [1.29, 1.82) is 0 Å². The molecule has 0 radical (unpaired) electrons. The monoisotopic (exact) mass is 1210 g/mol. The van der Waals surface area contributed by atoms with Crippen molar-refractivity contribution in [3.8, 4) is 0 Å². The summed E-state index contributed by atoms with van der Waals surface area (Å²) >= 11 is 0. The highest BCUT2D eigenvalue weighted by molar-refractivity contribution is 7.47. The molecule has 0 aliphatic carbocycles. The Kier molecular flexibility index (Phi) is 55.5. The van der Waals surface area contributed by atoms with Crippen molar-refractivity contribution in [2.75, 3.05) is 39.6 Å². The molecule has 0 rings (SSSR count). The molecule has 2 unspecified atom stereocenters. The van der Waals surface area contributed by atoms with Crippen LogP contribution in [0.3, 0.4) is 0 Å². The topological polar surface area (TPSA) is 237 Å². The summed E-state index contributed by atoms with van der Waals surface area (Å²) in [4.78, 5) is 71.9. The Labute approximate surface area is 498 Å². The van der Waals surface area contributed by atoms with Crippen molar-refractivity contribution < 1.29 is 80.2 Å². The Morgan fingerprint density at radius 2 is 0.561 bits per heavy atom. The van der Waals surface area contributed by atoms with Crippen LogP contribution in [0.2, 0.25) is 0 Å². The molecule has 19 heteroatoms. The van der Waals surface area contributed by atoms with Crippen LogP contribution in [0.5, 0.6) is 0 Å². The normalized spacial score (nSPS) is 14.3. The number of hydrogen-bond acceptors (Lipinski definition) is 15. The Bertz CT molecular complexity index is 1600. The summed E-state index contributed by atoms with van der Waals surface area (Å²) in [6.45, 7) is 7.04. The third-order valence-electron chi connectivity index (χ3n) is 14.5. The lowest BCUT2D eigenvalue weighted by Crippen LogP contribution is -2.30. The number of aliphatic hydroxyl groups excluding tert-OH is 1. The largest absolute Gasteiger partial charge is 0.472 e. The fourth-order valence-electron chi connectivity index (χ4n) is 9.41. The summed E-state index contributed by atoms with van der Waals surface area (Å²) in [5.74, 6) is -1.45. The zero-order valence-electron chi connectivity index (χ0n) is 52.6. The second-order valence-electron chi connectivity index (χ2n) is 23.3. The van der Waals surface area contributed by atoms with Gasteiger partial charge in [-0.05, 0) is 31.6 Å². The first-order valence-corrected chi connectivity index (χ1v) is 36.1. The van der Waals surface area contributed by atoms with Crippen LogP contribution in [0.15, 0.2) is 0 Å². The van der Waals surface area contributed by atoms with Gasteiger partial charge in [0.05, 0.1) is 26.4 Å². The lowest BCUT2D eigenvalue weighted by molar-refractivity contribution is -0.161. The number of aliphatic hydroxyl groups is 1. The van der Waals surface area contributed by atoms with E-state index in [2.05, 4.69) is 34.6 Å². The van der Waals surface area contributed by atoms with Crippen LogP contribution in [0.25, 0.3) is 0 Å². The van der Waals surface area contributed by atoms with Crippen LogP contribution >= 0.6 is 15.6 Å². The predicted octanol–water partition coefficient (Wildman–Crippen LogP) is 17.4. The number of hydrogen-bond donors (Lipinski definition) is 3. The van der Waals surface area contributed by atoms with Crippen LogP contribution < -0.4 is 0 Å². The van der Waals surface area contributed by atoms with Gasteiger partial charge in [-0.2, -0.15) is 0 Å². The molecule has 486 valence electrons. The predicted molar refractivity (Wildman–Crippen MR) is 326 cm³/mol. The fraction of sp³-hybridized carbons (Fsp3) is 0.937. The number of esters is 4. The molecule has 0 saturated carbocycles. The molecule has 0 aromatic heterocycles. The minimum Gasteiger partial charge on any atom is -0.462 e. The SMILES string of the molecule is CCCCCCCCCCCCCCCCCC(=O)O[C@H](COC(=O)CCCCCCCCCCCCCC)COP(=O)(O)OC[C@@H](O)COP(=O)(O)OC[C@@H](COC(=O)CCCCCCC)OC(=O)CCCCCCCCCC(C)C. The zero-order valence-corrected chi connectivity index (χ0v) is 54.4. The Morgan fingerprint density at radius 1 is 0.329 bits per heavy atom. The van der Waals surface area contributed by atoms with Crippen molar-refractivity contribution in [2.24, 2.45) is 5.92 Å². The number of rotatable bonds is 63. The maximum atomic E-state index is 13.0. The van der Waals surface area contributed by atoms with Crippen LogP contribution in [0.1, 0.15) is 317 Å². The minimum atomic E-state index is -4.94. The van der Waals surface area contributed by atoms with E-state index in [9.17, 15) is 43.2 Å². The van der Waals surface area contributed by atoms with E-state index < -0.39 is 97.5 Å². The summed E-state index contributed by atoms with van der Waals surface area (Å²) in [7, 11) is -9.87. The van der Waals surface area contributed by atoms with Gasteiger partial charge in [0.2, 0.25) is 0 Å². The molecule has 0 bridgehead atoms. The highest BCUT2D eigenvalue weighted by atomic mass is 31.2. The van der Waals surface area contributed by atoms with Crippen LogP contribution in [-0.2, 0) is 65.4 Å². The van der Waals surface area contributed by atoms with Crippen molar-refractivity contribution in [1.82, 2.24) is 0 Å². The van der Waals surface area contributed by atoms with Gasteiger partial charge in [-0.3, -0.25) is 37.3 Å². The molecule has 0 heterocycles. The van der Waals surface area contributed by atoms with E-state index in [1.54, 1.807) is 0 Å². The van der Waals surface area contributed by atoms with Gasteiger partial charge in [0, 0.05) is 25.7 Å². The van der Waals surface area contributed by atoms with Gasteiger partial charge in [-0.1, -0.05) is 266 Å². The molecular weight excluding hydrogens is 1090 g/mol. The van der Waals surface area contributed by atoms with Gasteiger partial charge < -0.3 is 33.8 Å². The van der Waals surface area contributed by atoms with Crippen LogP contribution in [0.4, 0.5) is 0 Å². The van der Waals surface area contributed by atoms with Gasteiger partial charge in [0.1, 0.15) is 19.3 Å². The van der Waals surface area contributed by atoms with E-state index in [1.807, 2.05) is 0 Å². The average molecular weight is 1210 g/mol. The quantitative estimate of drug-likeness (QED) is 0.0222. The molecule has 0 aliphatic rings. The van der Waals surface area contributed by atoms with Gasteiger partial charge in [-0.25, -0.2) is 9.13 Å². The summed E-state index contributed by atoms with van der Waals surface area (Å²) in [6.07, 6.45) is 40.7. The van der Waals surface area contributed by atoms with Crippen molar-refractivity contribution in [3.63, 3.8) is 0 Å². The van der Waals surface area contributed by atoms with Crippen LogP contribution in [0, 0.1) is 5.92 Å². The van der Waals surface area contributed by atoms with Gasteiger partial charge in [-0.15, -0.1) is 0 Å². The third-order valence-corrected chi connectivity index (χ3v) is 16.4. The number of phosphoric ester groups is 2. The summed E-state index contributed by atoms with van der Waals surface area (Å²) < 4.78 is 67.8. The van der Waals surface area contributed by atoms with Gasteiger partial charge in [0.15, 0.2) is 12.2 Å². The standard InChI is InChI=1S/C63H122O17P2/c1-6-9-12-15-17-19-21-23-24-25-27-29-33-38-43-48-62(67)80-59(53-74-61(66)47-42-37-32-28-26-22-20-18-16-13-10-7-2)55-78-82(71,72)76-51-57(64)50-75-81(69,70)77-54-58(52-73-60(65)46-41-35-14-11-8-3)79-63(68)49-44-39-34-30-31-36-40-45-56(4)5/h56-59,64H,6-55H2,1-5H3,(H,69,70)(H,71,72)/t57-,58+,59+/m0/s1. The lowest BCUT2D eigenvalue weighted by Gasteiger charge is -2.21. The summed E-state index contributed by atoms with van der Waals surface area (Å²) in [6, 6.07) is 0. The first kappa shape index (κ1) is 80.1. The van der Waals surface area contributed by atoms with Crippen LogP contribution in [-0.4, -0.2) is 96.7 Å². The van der Waals surface area contributed by atoms with Crippen molar-refractivity contribution >= 4 is 39.5 Å². The smallest absolute Gasteiger partial charge is 0.462 e. The van der Waals surface area contributed by atoms with Gasteiger partial charge >= 0.3 is 39.5 Å². The lowest BCUT2D eigenvalue weighted by atomic mass is 10.0. The molecule has 0 spiro atoms. The van der Waals surface area contributed by atoms with Crippen molar-refractivity contribution in [3.05, 3.63) is 0 Å². The molecule has 82 heavy (non-hydrogen) atoms. The van der Waals surface area contributed by atoms with E-state index in [0.29, 0.717) is 31.6 Å². The Balaban J connectivity index is 5.17. The number of unbranched alkanes of at least 4 members (excludes halogenated alkanes) is 35. The summed E-state index contributed by atoms with van der Waals surface area (Å²) in [5, 5.41) is 10.5. The first-order chi connectivity index (χ1) is 39.5. The van der Waals surface area contributed by atoms with E-state index in [0.717, 1.165) is 96.3 Å². The molecule has 17 nitrogen and oxygen atoms in total. The highest BCUT2D eigenvalue weighted by Crippen LogP contribution is 2.45. The van der Waals surface area contributed by atoms with E-state index >= 15 is 0 Å². The molecular formula is C63H122O17P2. The Hall–Kier alpha value is -1.94. The fourth-order valence-corrected chi connectivity index (χ4v) is 11.0.